The van der Waals surface area contributed by atoms with Crippen LogP contribution in [-0.4, -0.2) is 33.2 Å². The van der Waals surface area contributed by atoms with Crippen molar-refractivity contribution < 1.29 is 0 Å². The van der Waals surface area contributed by atoms with Gasteiger partial charge in [-0.3, -0.25) is 10.00 Å². The van der Waals surface area contributed by atoms with Crippen LogP contribution in [0.4, 0.5) is 0 Å². The number of thiophene rings is 1. The van der Waals surface area contributed by atoms with E-state index in [9.17, 15) is 0 Å². The van der Waals surface area contributed by atoms with Crippen molar-refractivity contribution in [3.63, 3.8) is 0 Å². The van der Waals surface area contributed by atoms with Gasteiger partial charge in [0.2, 0.25) is 0 Å². The molecule has 1 aliphatic rings. The van der Waals surface area contributed by atoms with Gasteiger partial charge in [0, 0.05) is 28.8 Å². The van der Waals surface area contributed by atoms with Crippen molar-refractivity contribution in [2.24, 2.45) is 0 Å². The van der Waals surface area contributed by atoms with Crippen LogP contribution in [0.2, 0.25) is 0 Å². The van der Waals surface area contributed by atoms with E-state index in [-0.39, 0.29) is 0 Å². The summed E-state index contributed by atoms with van der Waals surface area (Å²) in [5.74, 6) is 2.39. The van der Waals surface area contributed by atoms with E-state index >= 15 is 0 Å². The van der Waals surface area contributed by atoms with Crippen molar-refractivity contribution in [1.29, 1.82) is 0 Å². The number of hydrogen-bond acceptors (Lipinski definition) is 4. The maximum atomic E-state index is 4.49. The van der Waals surface area contributed by atoms with Crippen LogP contribution in [0.25, 0.3) is 0 Å². The Hall–Kier alpha value is -1.20. The standard InChI is InChI=1S/C14H20N4S/c1-10-5-6-13(19-10)9-18-7-3-4-12(8-18)14-15-11(2)16-17-14/h5-6,12H,3-4,7-9H2,1-2H3,(H,15,16,17). The minimum Gasteiger partial charge on any atom is -0.298 e. The van der Waals surface area contributed by atoms with Gasteiger partial charge in [-0.05, 0) is 45.4 Å². The predicted molar refractivity (Wildman–Crippen MR) is 77.4 cm³/mol. The third-order valence-electron chi connectivity index (χ3n) is 3.66. The fourth-order valence-corrected chi connectivity index (χ4v) is 3.68. The molecule has 0 amide bonds. The van der Waals surface area contributed by atoms with Crippen LogP contribution in [0.1, 0.15) is 40.2 Å². The third kappa shape index (κ3) is 3.04. The molecule has 0 bridgehead atoms. The van der Waals surface area contributed by atoms with Crippen molar-refractivity contribution in [2.45, 2.75) is 39.2 Å². The van der Waals surface area contributed by atoms with Crippen LogP contribution >= 0.6 is 11.3 Å². The Bertz CT molecular complexity index is 545. The summed E-state index contributed by atoms with van der Waals surface area (Å²) in [5.41, 5.74) is 0. The highest BCUT2D eigenvalue weighted by Gasteiger charge is 2.24. The van der Waals surface area contributed by atoms with E-state index < -0.39 is 0 Å². The zero-order chi connectivity index (χ0) is 13.2. The highest BCUT2D eigenvalue weighted by Crippen LogP contribution is 2.26. The van der Waals surface area contributed by atoms with E-state index in [4.69, 9.17) is 0 Å². The number of hydrogen-bond donors (Lipinski definition) is 1. The third-order valence-corrected chi connectivity index (χ3v) is 4.65. The van der Waals surface area contributed by atoms with Gasteiger partial charge in [-0.1, -0.05) is 0 Å². The first-order valence-corrected chi connectivity index (χ1v) is 7.69. The average Bonchev–Trinajstić information content (AvgIpc) is 2.99. The molecule has 1 N–H and O–H groups in total. The van der Waals surface area contributed by atoms with E-state index in [1.54, 1.807) is 0 Å². The summed E-state index contributed by atoms with van der Waals surface area (Å²) in [6, 6.07) is 4.46. The minimum atomic E-state index is 0.486. The molecule has 0 aliphatic carbocycles. The second-order valence-electron chi connectivity index (χ2n) is 5.37. The zero-order valence-electron chi connectivity index (χ0n) is 11.5. The van der Waals surface area contributed by atoms with E-state index in [0.29, 0.717) is 5.92 Å². The molecule has 19 heavy (non-hydrogen) atoms. The first-order chi connectivity index (χ1) is 9.20. The number of likely N-dealkylation sites (tertiary alicyclic amines) is 1. The summed E-state index contributed by atoms with van der Waals surface area (Å²) in [4.78, 5) is 9.88. The monoisotopic (exact) mass is 276 g/mol. The number of nitrogens with one attached hydrogen (secondary N) is 1. The molecule has 102 valence electrons. The SMILES string of the molecule is Cc1nc(C2CCCN(Cc3ccc(C)s3)C2)n[nH]1. The molecule has 1 fully saturated rings. The van der Waals surface area contributed by atoms with Gasteiger partial charge in [0.15, 0.2) is 5.82 Å². The molecular weight excluding hydrogens is 256 g/mol. The molecule has 0 spiro atoms. The van der Waals surface area contributed by atoms with Crippen molar-refractivity contribution in [1.82, 2.24) is 20.1 Å². The van der Waals surface area contributed by atoms with Gasteiger partial charge in [0.05, 0.1) is 0 Å². The number of aryl methyl sites for hydroxylation is 2. The van der Waals surface area contributed by atoms with Crippen molar-refractivity contribution in [3.05, 3.63) is 33.5 Å². The Balaban J connectivity index is 1.64. The lowest BCUT2D eigenvalue weighted by Gasteiger charge is -2.30. The quantitative estimate of drug-likeness (QED) is 0.937. The minimum absolute atomic E-state index is 0.486. The Morgan fingerprint density at radius 3 is 3.00 bits per heavy atom. The Morgan fingerprint density at radius 1 is 1.42 bits per heavy atom. The van der Waals surface area contributed by atoms with Crippen molar-refractivity contribution >= 4 is 11.3 Å². The van der Waals surface area contributed by atoms with E-state index in [2.05, 4.69) is 39.1 Å². The van der Waals surface area contributed by atoms with Crippen LogP contribution in [0.15, 0.2) is 12.1 Å². The topological polar surface area (TPSA) is 44.8 Å². The number of H-pyrrole nitrogens is 1. The molecule has 0 saturated carbocycles. The number of rotatable bonds is 3. The second-order valence-corrected chi connectivity index (χ2v) is 6.74. The van der Waals surface area contributed by atoms with E-state index in [1.807, 2.05) is 18.3 Å². The Morgan fingerprint density at radius 2 is 2.32 bits per heavy atom. The molecule has 5 heteroatoms. The number of piperidine rings is 1. The van der Waals surface area contributed by atoms with Crippen LogP contribution < -0.4 is 0 Å². The van der Waals surface area contributed by atoms with Crippen LogP contribution in [0.5, 0.6) is 0 Å². The summed E-state index contributed by atoms with van der Waals surface area (Å²) in [5, 5.41) is 7.28. The Labute approximate surface area is 117 Å². The molecule has 1 atom stereocenters. The van der Waals surface area contributed by atoms with Gasteiger partial charge in [-0.2, -0.15) is 5.10 Å². The lowest BCUT2D eigenvalue weighted by molar-refractivity contribution is 0.198. The summed E-state index contributed by atoms with van der Waals surface area (Å²) < 4.78 is 0. The molecule has 2 aromatic heterocycles. The molecule has 3 heterocycles. The van der Waals surface area contributed by atoms with Gasteiger partial charge in [0.25, 0.3) is 0 Å². The van der Waals surface area contributed by atoms with Gasteiger partial charge in [-0.25, -0.2) is 4.98 Å². The molecule has 1 saturated heterocycles. The van der Waals surface area contributed by atoms with Gasteiger partial charge < -0.3 is 0 Å². The number of nitrogens with zero attached hydrogens (tertiary/aromatic N) is 3. The number of aromatic amines is 1. The van der Waals surface area contributed by atoms with Crippen molar-refractivity contribution in [2.75, 3.05) is 13.1 Å². The highest BCUT2D eigenvalue weighted by molar-refractivity contribution is 7.11. The van der Waals surface area contributed by atoms with Crippen LogP contribution in [0.3, 0.4) is 0 Å². The summed E-state index contributed by atoms with van der Waals surface area (Å²) >= 11 is 1.90. The molecule has 1 unspecified atom stereocenters. The molecule has 4 nitrogen and oxygen atoms in total. The molecule has 1 aliphatic heterocycles. The molecule has 2 aromatic rings. The van der Waals surface area contributed by atoms with Gasteiger partial charge in [-0.15, -0.1) is 11.3 Å². The largest absolute Gasteiger partial charge is 0.298 e. The van der Waals surface area contributed by atoms with E-state index in [0.717, 1.165) is 24.7 Å². The number of aromatic nitrogens is 3. The summed E-state index contributed by atoms with van der Waals surface area (Å²) in [7, 11) is 0. The first kappa shape index (κ1) is 12.8. The average molecular weight is 276 g/mol. The van der Waals surface area contributed by atoms with Crippen LogP contribution in [0, 0.1) is 13.8 Å². The van der Waals surface area contributed by atoms with E-state index in [1.165, 1.54) is 29.1 Å². The smallest absolute Gasteiger partial charge is 0.155 e. The maximum Gasteiger partial charge on any atom is 0.155 e. The van der Waals surface area contributed by atoms with Crippen molar-refractivity contribution in [3.8, 4) is 0 Å². The lowest BCUT2D eigenvalue weighted by atomic mass is 9.97. The fourth-order valence-electron chi connectivity index (χ4n) is 2.74. The molecule has 0 aromatic carbocycles. The molecule has 0 radical (unpaired) electrons. The lowest BCUT2D eigenvalue weighted by Crippen LogP contribution is -2.34. The molecular formula is C14H20N4S. The summed E-state index contributed by atoms with van der Waals surface area (Å²) in [6.45, 7) is 7.47. The van der Waals surface area contributed by atoms with Gasteiger partial charge >= 0.3 is 0 Å². The normalized spacial score (nSPS) is 20.8. The molecule has 3 rings (SSSR count). The first-order valence-electron chi connectivity index (χ1n) is 6.87. The maximum absolute atomic E-state index is 4.49. The van der Waals surface area contributed by atoms with Gasteiger partial charge in [0.1, 0.15) is 5.82 Å². The van der Waals surface area contributed by atoms with Crippen LogP contribution in [-0.2, 0) is 6.54 Å². The summed E-state index contributed by atoms with van der Waals surface area (Å²) in [6.07, 6.45) is 2.44. The zero-order valence-corrected chi connectivity index (χ0v) is 12.3. The second kappa shape index (κ2) is 5.43. The fraction of sp³-hybridized carbons (Fsp3) is 0.571. The predicted octanol–water partition coefficient (Wildman–Crippen LogP) is 2.86. The highest BCUT2D eigenvalue weighted by atomic mass is 32.1. The Kier molecular flexibility index (Phi) is 3.66.